The Hall–Kier alpha value is -1.48. The van der Waals surface area contributed by atoms with Crippen molar-refractivity contribution >= 4 is 49.5 Å². The van der Waals surface area contributed by atoms with Crippen LogP contribution in [0.5, 0.6) is 5.75 Å². The second-order valence-electron chi connectivity index (χ2n) is 5.54. The molecular weight excluding hydrogens is 426 g/mol. The van der Waals surface area contributed by atoms with Crippen LogP contribution in [0.2, 0.25) is 10.0 Å². The van der Waals surface area contributed by atoms with Gasteiger partial charge in [0.15, 0.2) is 0 Å². The molecule has 2 aromatic rings. The summed E-state index contributed by atoms with van der Waals surface area (Å²) in [5.41, 5.74) is 1.60. The van der Waals surface area contributed by atoms with Gasteiger partial charge in [-0.25, -0.2) is 0 Å². The first-order valence-electron chi connectivity index (χ1n) is 7.54. The molecule has 7 heteroatoms. The summed E-state index contributed by atoms with van der Waals surface area (Å²) in [6.45, 7) is 1.71. The van der Waals surface area contributed by atoms with Crippen molar-refractivity contribution in [1.29, 1.82) is 0 Å². The zero-order valence-electron chi connectivity index (χ0n) is 13.5. The van der Waals surface area contributed by atoms with E-state index >= 15 is 0 Å². The zero-order valence-corrected chi connectivity index (χ0v) is 17.1. The average Bonchev–Trinajstić information content (AvgIpc) is 2.57. The predicted molar refractivity (Wildman–Crippen MR) is 100 cm³/mol. The molecule has 0 fully saturated rings. The standard InChI is InChI=1S/C18H17AsCl2O4/c1-11(18(23)24)10-25-16-4-2-12(3-5-16)9-19-17(22)13-6-14(20)8-15(21)7-13/h2-8,11,19H,9-10H2,1H3,(H,23,24). The molecule has 4 nitrogen and oxygen atoms in total. The SMILES string of the molecule is CC(COc1ccc(C[AsH]C(=O)c2cc(Cl)cc(Cl)c2)cc1)C(=O)O. The van der Waals surface area contributed by atoms with Gasteiger partial charge in [0, 0.05) is 0 Å². The van der Waals surface area contributed by atoms with Gasteiger partial charge in [0.25, 0.3) is 0 Å². The maximum atomic E-state index is 12.3. The van der Waals surface area contributed by atoms with Crippen LogP contribution in [0.3, 0.4) is 0 Å². The summed E-state index contributed by atoms with van der Waals surface area (Å²) >= 11 is 11.0. The molecule has 2 unspecified atom stereocenters. The number of carboxylic acid groups (broad SMARTS) is 1. The summed E-state index contributed by atoms with van der Waals surface area (Å²) in [5, 5.41) is 10.4. The fraction of sp³-hybridized carbons (Fsp3) is 0.222. The summed E-state index contributed by atoms with van der Waals surface area (Å²) < 4.78 is 5.54. The van der Waals surface area contributed by atoms with Gasteiger partial charge in [-0.05, 0) is 0 Å². The molecule has 0 bridgehead atoms. The van der Waals surface area contributed by atoms with Crippen LogP contribution in [0.1, 0.15) is 22.8 Å². The number of aliphatic carboxylic acids is 1. The first-order chi connectivity index (χ1) is 11.8. The summed E-state index contributed by atoms with van der Waals surface area (Å²) in [6, 6.07) is 12.2. The molecule has 1 N–H and O–H groups in total. The van der Waals surface area contributed by atoms with Crippen molar-refractivity contribution in [1.82, 2.24) is 0 Å². The number of carbonyl (C=O) groups is 2. The van der Waals surface area contributed by atoms with Crippen molar-refractivity contribution in [3.63, 3.8) is 0 Å². The second-order valence-corrected chi connectivity index (χ2v) is 8.84. The molecule has 25 heavy (non-hydrogen) atoms. The zero-order chi connectivity index (χ0) is 18.4. The van der Waals surface area contributed by atoms with E-state index in [9.17, 15) is 9.59 Å². The molecule has 0 heterocycles. The Labute approximate surface area is 162 Å². The molecule has 0 spiro atoms. The Morgan fingerprint density at radius 1 is 1.12 bits per heavy atom. The van der Waals surface area contributed by atoms with Crippen LogP contribution in [-0.4, -0.2) is 38.0 Å². The first-order valence-corrected chi connectivity index (χ1v) is 10.8. The van der Waals surface area contributed by atoms with Gasteiger partial charge >= 0.3 is 163 Å². The van der Waals surface area contributed by atoms with Crippen LogP contribution in [0.15, 0.2) is 42.5 Å². The van der Waals surface area contributed by atoms with E-state index in [4.69, 9.17) is 33.0 Å². The Bertz CT molecular complexity index is 742. The van der Waals surface area contributed by atoms with Crippen LogP contribution < -0.4 is 4.74 Å². The summed E-state index contributed by atoms with van der Waals surface area (Å²) in [7, 11) is 0. The van der Waals surface area contributed by atoms with Gasteiger partial charge < -0.3 is 0 Å². The van der Waals surface area contributed by atoms with E-state index < -0.39 is 27.6 Å². The molecule has 2 aromatic carbocycles. The molecule has 2 atom stereocenters. The molecule has 0 aliphatic heterocycles. The summed E-state index contributed by atoms with van der Waals surface area (Å²) in [4.78, 5) is 23.0. The van der Waals surface area contributed by atoms with E-state index in [1.54, 1.807) is 37.3 Å². The molecule has 0 aliphatic carbocycles. The second kappa shape index (κ2) is 9.28. The molecule has 2 rings (SSSR count). The van der Waals surface area contributed by atoms with Gasteiger partial charge in [-0.15, -0.1) is 0 Å². The van der Waals surface area contributed by atoms with Gasteiger partial charge in [0.1, 0.15) is 0 Å². The number of rotatable bonds is 8. The summed E-state index contributed by atoms with van der Waals surface area (Å²) in [5.74, 6) is -0.833. The molecule has 0 amide bonds. The Kier molecular flexibility index (Phi) is 7.36. The summed E-state index contributed by atoms with van der Waals surface area (Å²) in [6.07, 6.45) is 0. The topological polar surface area (TPSA) is 63.6 Å². The molecule has 0 aromatic heterocycles. The van der Waals surface area contributed by atoms with Gasteiger partial charge in [-0.1, -0.05) is 0 Å². The van der Waals surface area contributed by atoms with Gasteiger partial charge in [-0.2, -0.15) is 0 Å². The molecule has 132 valence electrons. The van der Waals surface area contributed by atoms with Gasteiger partial charge in [0.2, 0.25) is 0 Å². The number of hydrogen-bond donors (Lipinski definition) is 1. The van der Waals surface area contributed by atoms with Gasteiger partial charge in [-0.3, -0.25) is 0 Å². The molecule has 0 saturated heterocycles. The maximum absolute atomic E-state index is 12.3. The Morgan fingerprint density at radius 2 is 1.72 bits per heavy atom. The van der Waals surface area contributed by atoms with E-state index in [1.807, 2.05) is 12.1 Å². The van der Waals surface area contributed by atoms with E-state index in [1.165, 1.54) is 0 Å². The van der Waals surface area contributed by atoms with Gasteiger partial charge in [0.05, 0.1) is 0 Å². The van der Waals surface area contributed by atoms with Crippen molar-refractivity contribution < 1.29 is 19.4 Å². The van der Waals surface area contributed by atoms with E-state index in [0.29, 0.717) is 26.6 Å². The molecular formula is C18H17AsCl2O4. The Morgan fingerprint density at radius 3 is 2.28 bits per heavy atom. The van der Waals surface area contributed by atoms with Crippen molar-refractivity contribution in [2.45, 2.75) is 12.1 Å². The van der Waals surface area contributed by atoms with Crippen LogP contribution in [0, 0.1) is 5.92 Å². The number of carbonyl (C=O) groups excluding carboxylic acids is 1. The number of hydrogen-bond acceptors (Lipinski definition) is 3. The number of carboxylic acids is 1. The predicted octanol–water partition coefficient (Wildman–Crippen LogP) is 3.87. The minimum atomic E-state index is -0.887. The van der Waals surface area contributed by atoms with Crippen LogP contribution in [0.4, 0.5) is 0 Å². The van der Waals surface area contributed by atoms with Crippen LogP contribution >= 0.6 is 23.2 Å². The van der Waals surface area contributed by atoms with E-state index in [2.05, 4.69) is 0 Å². The average molecular weight is 443 g/mol. The van der Waals surface area contributed by atoms with E-state index in [-0.39, 0.29) is 11.2 Å². The molecule has 0 saturated carbocycles. The fourth-order valence-electron chi connectivity index (χ4n) is 1.97. The van der Waals surface area contributed by atoms with Crippen molar-refractivity contribution in [2.24, 2.45) is 5.92 Å². The van der Waals surface area contributed by atoms with Crippen molar-refractivity contribution in [2.75, 3.05) is 6.61 Å². The number of halogens is 2. The minimum absolute atomic E-state index is 0.0972. The van der Waals surface area contributed by atoms with Crippen molar-refractivity contribution in [3.05, 3.63) is 63.6 Å². The normalized spacial score (nSPS) is 12.3. The third kappa shape index (κ3) is 6.39. The van der Waals surface area contributed by atoms with Crippen molar-refractivity contribution in [3.8, 4) is 5.75 Å². The first kappa shape index (κ1) is 19.8. The molecule has 0 aliphatic rings. The monoisotopic (exact) mass is 442 g/mol. The number of ether oxygens (including phenoxy) is 1. The van der Waals surface area contributed by atoms with Crippen LogP contribution in [0.25, 0.3) is 0 Å². The quantitative estimate of drug-likeness (QED) is 0.630. The van der Waals surface area contributed by atoms with E-state index in [0.717, 1.165) is 5.56 Å². The molecule has 0 radical (unpaired) electrons. The fourth-order valence-corrected chi connectivity index (χ4v) is 4.48. The van der Waals surface area contributed by atoms with Crippen LogP contribution in [-0.2, 0) is 10.0 Å². The number of benzene rings is 2. The third-order valence-corrected chi connectivity index (χ3v) is 6.37. The Balaban J connectivity index is 1.88. The third-order valence-electron chi connectivity index (χ3n) is 3.42.